The van der Waals surface area contributed by atoms with Gasteiger partial charge in [0.15, 0.2) is 12.6 Å². The molecule has 1 amide bonds. The summed E-state index contributed by atoms with van der Waals surface area (Å²) in [6.07, 6.45) is 2.33. The first-order chi connectivity index (χ1) is 13.5. The molecule has 6 nitrogen and oxygen atoms in total. The van der Waals surface area contributed by atoms with Crippen LogP contribution in [0.1, 0.15) is 24.0 Å². The van der Waals surface area contributed by atoms with Gasteiger partial charge in [-0.3, -0.25) is 9.79 Å². The molecule has 1 aliphatic carbocycles. The first kappa shape index (κ1) is 23.5. The number of amides is 1. The molecule has 0 atom stereocenters. The van der Waals surface area contributed by atoms with Crippen LogP contribution in [-0.4, -0.2) is 32.1 Å². The fourth-order valence-corrected chi connectivity index (χ4v) is 3.85. The van der Waals surface area contributed by atoms with E-state index in [9.17, 15) is 4.79 Å². The standard InChI is InChI=1S/C21H25BrN4O2.HI/c1-24-20(25-12-15-5-4-6-16(11-15)28-13-19(23)27)26-14-21(9-10-21)17-7-2-3-8-18(17)22;/h2-8,11H,9-10,12-14H2,1H3,(H2,23,27)(H2,24,25,26);1H. The normalized spacial score (nSPS) is 14.5. The van der Waals surface area contributed by atoms with E-state index in [1.165, 1.54) is 18.4 Å². The second kappa shape index (κ2) is 10.8. The Kier molecular flexibility index (Phi) is 8.76. The van der Waals surface area contributed by atoms with E-state index in [0.29, 0.717) is 12.3 Å². The molecule has 1 saturated carbocycles. The van der Waals surface area contributed by atoms with Gasteiger partial charge in [-0.1, -0.05) is 46.3 Å². The highest BCUT2D eigenvalue weighted by Gasteiger charge is 2.45. The van der Waals surface area contributed by atoms with Crippen molar-refractivity contribution in [2.45, 2.75) is 24.8 Å². The Hall–Kier alpha value is -1.81. The van der Waals surface area contributed by atoms with E-state index in [1.807, 2.05) is 24.3 Å². The largest absolute Gasteiger partial charge is 0.484 e. The van der Waals surface area contributed by atoms with E-state index >= 15 is 0 Å². The quantitative estimate of drug-likeness (QED) is 0.257. The Morgan fingerprint density at radius 2 is 1.97 bits per heavy atom. The number of benzene rings is 2. The molecule has 0 bridgehead atoms. The van der Waals surface area contributed by atoms with Gasteiger partial charge in [-0.25, -0.2) is 0 Å². The lowest BCUT2D eigenvalue weighted by atomic mass is 9.96. The number of ether oxygens (including phenoxy) is 1. The zero-order valence-corrected chi connectivity index (χ0v) is 20.2. The van der Waals surface area contributed by atoms with Crippen LogP contribution in [0, 0.1) is 0 Å². The van der Waals surface area contributed by atoms with E-state index < -0.39 is 5.91 Å². The summed E-state index contributed by atoms with van der Waals surface area (Å²) in [5.74, 6) is 0.876. The lowest BCUT2D eigenvalue weighted by molar-refractivity contribution is -0.119. The van der Waals surface area contributed by atoms with Gasteiger partial charge in [0.2, 0.25) is 0 Å². The molecule has 2 aromatic carbocycles. The van der Waals surface area contributed by atoms with Crippen molar-refractivity contribution in [3.63, 3.8) is 0 Å². The molecule has 0 heterocycles. The van der Waals surface area contributed by atoms with E-state index in [1.54, 1.807) is 13.1 Å². The van der Waals surface area contributed by atoms with Crippen LogP contribution in [-0.2, 0) is 16.8 Å². The Bertz CT molecular complexity index is 871. The van der Waals surface area contributed by atoms with Gasteiger partial charge >= 0.3 is 0 Å². The van der Waals surface area contributed by atoms with Crippen LogP contribution in [0.4, 0.5) is 0 Å². The zero-order chi connectivity index (χ0) is 20.0. The summed E-state index contributed by atoms with van der Waals surface area (Å²) in [6.45, 7) is 1.30. The number of rotatable bonds is 8. The number of aliphatic imine (C=N–C) groups is 1. The number of carbonyl (C=O) groups excluding carboxylic acids is 1. The number of halogens is 2. The van der Waals surface area contributed by atoms with Crippen LogP contribution < -0.4 is 21.1 Å². The number of nitrogens with two attached hydrogens (primary N) is 1. The Morgan fingerprint density at radius 3 is 2.62 bits per heavy atom. The van der Waals surface area contributed by atoms with Gasteiger partial charge in [0.05, 0.1) is 0 Å². The number of nitrogens with one attached hydrogen (secondary N) is 2. The van der Waals surface area contributed by atoms with E-state index in [2.05, 4.69) is 49.8 Å². The van der Waals surface area contributed by atoms with Crippen molar-refractivity contribution in [3.05, 3.63) is 64.1 Å². The minimum atomic E-state index is -0.493. The van der Waals surface area contributed by atoms with E-state index in [0.717, 1.165) is 22.5 Å². The first-order valence-corrected chi connectivity index (χ1v) is 10.0. The maximum Gasteiger partial charge on any atom is 0.255 e. The van der Waals surface area contributed by atoms with Crippen molar-refractivity contribution >= 4 is 51.8 Å². The molecule has 0 spiro atoms. The summed E-state index contributed by atoms with van der Waals surface area (Å²) in [5, 5.41) is 6.77. The summed E-state index contributed by atoms with van der Waals surface area (Å²) < 4.78 is 6.51. The molecule has 0 aromatic heterocycles. The Labute approximate surface area is 196 Å². The second-order valence-corrected chi connectivity index (χ2v) is 7.80. The molecular weight excluding hydrogens is 547 g/mol. The van der Waals surface area contributed by atoms with Crippen molar-refractivity contribution in [1.29, 1.82) is 0 Å². The highest BCUT2D eigenvalue weighted by Crippen LogP contribution is 2.49. The molecule has 0 radical (unpaired) electrons. The van der Waals surface area contributed by atoms with Gasteiger partial charge in [0, 0.05) is 30.0 Å². The van der Waals surface area contributed by atoms with Crippen LogP contribution in [0.5, 0.6) is 5.75 Å². The van der Waals surface area contributed by atoms with Crippen LogP contribution >= 0.6 is 39.9 Å². The predicted octanol–water partition coefficient (Wildman–Crippen LogP) is 3.33. The van der Waals surface area contributed by atoms with Crippen molar-refractivity contribution in [2.24, 2.45) is 10.7 Å². The third-order valence-electron chi connectivity index (χ3n) is 4.86. The molecule has 1 aliphatic rings. The van der Waals surface area contributed by atoms with Crippen LogP contribution in [0.2, 0.25) is 0 Å². The molecule has 156 valence electrons. The van der Waals surface area contributed by atoms with Crippen LogP contribution in [0.25, 0.3) is 0 Å². The molecule has 0 aliphatic heterocycles. The van der Waals surface area contributed by atoms with E-state index in [-0.39, 0.29) is 36.0 Å². The van der Waals surface area contributed by atoms with Gasteiger partial charge < -0.3 is 21.1 Å². The number of guanidine groups is 1. The Morgan fingerprint density at radius 1 is 1.21 bits per heavy atom. The minimum absolute atomic E-state index is 0. The zero-order valence-electron chi connectivity index (χ0n) is 16.3. The fourth-order valence-electron chi connectivity index (χ4n) is 3.14. The lowest BCUT2D eigenvalue weighted by Crippen LogP contribution is -2.41. The number of hydrogen-bond donors (Lipinski definition) is 3. The van der Waals surface area contributed by atoms with Crippen molar-refractivity contribution in [1.82, 2.24) is 10.6 Å². The smallest absolute Gasteiger partial charge is 0.255 e. The second-order valence-electron chi connectivity index (χ2n) is 6.94. The van der Waals surface area contributed by atoms with Gasteiger partial charge in [-0.05, 0) is 42.2 Å². The van der Waals surface area contributed by atoms with Crippen molar-refractivity contribution < 1.29 is 9.53 Å². The summed E-state index contributed by atoms with van der Waals surface area (Å²) in [6, 6.07) is 16.0. The van der Waals surface area contributed by atoms with Crippen LogP contribution in [0.15, 0.2) is 58.0 Å². The molecule has 0 saturated heterocycles. The Balaban J connectivity index is 0.00000300. The number of nitrogens with zero attached hydrogens (tertiary/aromatic N) is 1. The van der Waals surface area contributed by atoms with Gasteiger partial charge in [0.1, 0.15) is 5.75 Å². The summed E-state index contributed by atoms with van der Waals surface area (Å²) in [7, 11) is 1.76. The number of carbonyl (C=O) groups is 1. The fraction of sp³-hybridized carbons (Fsp3) is 0.333. The van der Waals surface area contributed by atoms with Crippen molar-refractivity contribution in [3.8, 4) is 5.75 Å². The molecular formula is C21H26BrIN4O2. The van der Waals surface area contributed by atoms with Gasteiger partial charge in [0.25, 0.3) is 5.91 Å². The lowest BCUT2D eigenvalue weighted by Gasteiger charge is -2.20. The first-order valence-electron chi connectivity index (χ1n) is 9.22. The SMILES string of the molecule is CN=C(NCc1cccc(OCC(N)=O)c1)NCC1(c2ccccc2Br)CC1.I. The molecule has 3 rings (SSSR count). The third kappa shape index (κ3) is 6.60. The van der Waals surface area contributed by atoms with Crippen LogP contribution in [0.3, 0.4) is 0 Å². The average molecular weight is 573 g/mol. The summed E-state index contributed by atoms with van der Waals surface area (Å²) in [4.78, 5) is 15.2. The van der Waals surface area contributed by atoms with Gasteiger partial charge in [-0.2, -0.15) is 0 Å². The molecule has 0 unspecified atom stereocenters. The maximum atomic E-state index is 10.9. The highest BCUT2D eigenvalue weighted by molar-refractivity contribution is 14.0. The van der Waals surface area contributed by atoms with E-state index in [4.69, 9.17) is 10.5 Å². The monoisotopic (exact) mass is 572 g/mol. The summed E-state index contributed by atoms with van der Waals surface area (Å²) >= 11 is 3.67. The highest BCUT2D eigenvalue weighted by atomic mass is 127. The maximum absolute atomic E-state index is 10.9. The molecule has 4 N–H and O–H groups in total. The third-order valence-corrected chi connectivity index (χ3v) is 5.55. The number of hydrogen-bond acceptors (Lipinski definition) is 3. The summed E-state index contributed by atoms with van der Waals surface area (Å²) in [5.41, 5.74) is 7.65. The van der Waals surface area contributed by atoms with Gasteiger partial charge in [-0.15, -0.1) is 24.0 Å². The molecule has 8 heteroatoms. The van der Waals surface area contributed by atoms with Crippen molar-refractivity contribution in [2.75, 3.05) is 20.2 Å². The average Bonchev–Trinajstić information content (AvgIpc) is 3.48. The number of primary amides is 1. The minimum Gasteiger partial charge on any atom is -0.484 e. The molecule has 1 fully saturated rings. The molecule has 29 heavy (non-hydrogen) atoms. The predicted molar refractivity (Wildman–Crippen MR) is 130 cm³/mol. The topological polar surface area (TPSA) is 88.7 Å². The molecule has 2 aromatic rings.